The number of anilines is 1. The van der Waals surface area contributed by atoms with Crippen molar-refractivity contribution in [3.05, 3.63) is 53.1 Å². The Morgan fingerprint density at radius 2 is 1.76 bits per heavy atom. The van der Waals surface area contributed by atoms with Gasteiger partial charge in [-0.1, -0.05) is 6.08 Å². The third-order valence-electron chi connectivity index (χ3n) is 11.8. The van der Waals surface area contributed by atoms with Gasteiger partial charge in [0.1, 0.15) is 30.4 Å². The van der Waals surface area contributed by atoms with E-state index >= 15 is 0 Å². The maximum Gasteiger partial charge on any atom is 0.338 e. The number of hydrogen-bond acceptors (Lipinski definition) is 10. The van der Waals surface area contributed by atoms with E-state index in [9.17, 15) is 9.59 Å². The summed E-state index contributed by atoms with van der Waals surface area (Å²) in [5.41, 5.74) is 0.226. The number of hydrogen-bond donors (Lipinski definition) is 0. The fraction of sp³-hybridized carbons (Fsp3) is 0.529. The van der Waals surface area contributed by atoms with Gasteiger partial charge >= 0.3 is 11.9 Å². The van der Waals surface area contributed by atoms with Gasteiger partial charge in [0.25, 0.3) is 0 Å². The van der Waals surface area contributed by atoms with Crippen molar-refractivity contribution in [2.75, 3.05) is 67.7 Å². The number of fused-ring (bicyclic) bond motifs is 4. The second-order valence-electron chi connectivity index (χ2n) is 12.9. The SMILES string of the molecule is C/C=C1/C[N+]2(C)[C@H]3C[C@@]45c6cc(OC)ccc6N(C)[C@]4(O3)[C@@H]2C[C@H]1C5(COC(=O)c1cc(OC)c(OC)c(OC)c1)C(=O)OC. The van der Waals surface area contributed by atoms with Crippen molar-refractivity contribution in [2.24, 2.45) is 11.3 Å². The van der Waals surface area contributed by atoms with Crippen LogP contribution in [0.5, 0.6) is 23.0 Å². The summed E-state index contributed by atoms with van der Waals surface area (Å²) in [6.45, 7) is 2.54. The molecule has 1 aliphatic carbocycles. The Balaban J connectivity index is 1.43. The van der Waals surface area contributed by atoms with Crippen LogP contribution in [0.4, 0.5) is 5.69 Å². The van der Waals surface area contributed by atoms with Crippen molar-refractivity contribution in [2.45, 2.75) is 43.2 Å². The summed E-state index contributed by atoms with van der Waals surface area (Å²) in [4.78, 5) is 30.9. The van der Waals surface area contributed by atoms with E-state index in [1.54, 1.807) is 19.2 Å². The molecule has 0 amide bonds. The van der Waals surface area contributed by atoms with E-state index in [1.165, 1.54) is 28.4 Å². The summed E-state index contributed by atoms with van der Waals surface area (Å²) >= 11 is 0. The van der Waals surface area contributed by atoms with Gasteiger partial charge in [-0.3, -0.25) is 14.0 Å². The van der Waals surface area contributed by atoms with Crippen molar-refractivity contribution < 1.29 is 47.2 Å². The highest BCUT2D eigenvalue weighted by atomic mass is 16.6. The Hall–Kier alpha value is -3.96. The molecule has 0 aromatic heterocycles. The summed E-state index contributed by atoms with van der Waals surface area (Å²) in [6.07, 6.45) is 3.20. The Morgan fingerprint density at radius 3 is 2.36 bits per heavy atom. The largest absolute Gasteiger partial charge is 0.497 e. The van der Waals surface area contributed by atoms with Crippen molar-refractivity contribution in [1.29, 1.82) is 0 Å². The summed E-state index contributed by atoms with van der Waals surface area (Å²) in [5, 5.41) is 0. The van der Waals surface area contributed by atoms with Crippen LogP contribution in [0.15, 0.2) is 42.0 Å². The maximum atomic E-state index is 14.7. The van der Waals surface area contributed by atoms with Gasteiger partial charge in [0.2, 0.25) is 11.5 Å². The predicted molar refractivity (Wildman–Crippen MR) is 163 cm³/mol. The second-order valence-corrected chi connectivity index (χ2v) is 12.9. The van der Waals surface area contributed by atoms with Gasteiger partial charge in [-0.15, -0.1) is 0 Å². The number of methoxy groups -OCH3 is 5. The number of esters is 2. The lowest BCUT2D eigenvalue weighted by molar-refractivity contribution is -0.960. The van der Waals surface area contributed by atoms with Crippen LogP contribution in [-0.2, 0) is 24.4 Å². The number of piperidine rings is 2. The molecule has 2 unspecified atom stereocenters. The van der Waals surface area contributed by atoms with Crippen LogP contribution in [0, 0.1) is 11.3 Å². The topological polar surface area (TPSA) is 102 Å². The fourth-order valence-corrected chi connectivity index (χ4v) is 9.98. The lowest BCUT2D eigenvalue weighted by atomic mass is 9.41. The smallest absolute Gasteiger partial charge is 0.338 e. The Bertz CT molecular complexity index is 1620. The van der Waals surface area contributed by atoms with Crippen LogP contribution < -0.4 is 23.8 Å². The first kappa shape index (κ1) is 29.7. The first-order valence-electron chi connectivity index (χ1n) is 15.2. The van der Waals surface area contributed by atoms with Gasteiger partial charge < -0.3 is 33.3 Å². The van der Waals surface area contributed by atoms with Crippen LogP contribution in [0.1, 0.15) is 35.7 Å². The van der Waals surface area contributed by atoms with Crippen LogP contribution in [0.2, 0.25) is 0 Å². The van der Waals surface area contributed by atoms with Gasteiger partial charge in [0.05, 0.1) is 53.6 Å². The number of likely N-dealkylation sites (N-methyl/N-ethyl adjacent to an activating group) is 2. The first-order valence-corrected chi connectivity index (χ1v) is 15.2. The molecule has 0 radical (unpaired) electrons. The lowest BCUT2D eigenvalue weighted by Gasteiger charge is -2.66. The van der Waals surface area contributed by atoms with E-state index in [2.05, 4.69) is 25.1 Å². The molecule has 5 aliphatic rings. The molecule has 4 aliphatic heterocycles. The molecule has 1 saturated carbocycles. The molecule has 1 spiro atoms. The monoisotopic (exact) mass is 621 g/mol. The molecule has 4 bridgehead atoms. The normalized spacial score (nSPS) is 35.6. The maximum absolute atomic E-state index is 14.7. The van der Waals surface area contributed by atoms with Crippen LogP contribution in [0.3, 0.4) is 0 Å². The zero-order valence-electron chi connectivity index (χ0n) is 27.1. The van der Waals surface area contributed by atoms with E-state index < -0.39 is 28.5 Å². The van der Waals surface area contributed by atoms with Gasteiger partial charge in [0.15, 0.2) is 17.7 Å². The van der Waals surface area contributed by atoms with Gasteiger partial charge in [-0.2, -0.15) is 0 Å². The van der Waals surface area contributed by atoms with E-state index in [0.29, 0.717) is 35.8 Å². The van der Waals surface area contributed by atoms with Gasteiger partial charge in [-0.25, -0.2) is 4.79 Å². The molecule has 7 rings (SSSR count). The summed E-state index contributed by atoms with van der Waals surface area (Å²) < 4.78 is 42.1. The van der Waals surface area contributed by atoms with Gasteiger partial charge in [-0.05, 0) is 48.4 Å². The number of benzene rings is 2. The minimum absolute atomic E-state index is 0.0805. The lowest BCUT2D eigenvalue weighted by Crippen LogP contribution is -2.83. The average Bonchev–Trinajstić information content (AvgIpc) is 3.65. The minimum Gasteiger partial charge on any atom is -0.497 e. The number of rotatable bonds is 8. The Kier molecular flexibility index (Phi) is 6.45. The minimum atomic E-state index is -1.30. The standard InChI is InChI=1S/C34H41N2O9/c1-9-19-17-36(3)27-15-22(19)32(31(38)43-8,18-44-30(37)20-12-25(40-5)29(42-7)26(13-20)41-6)33-16-28(36)45-34(27,33)35(2)24-11-10-21(39-4)14-23(24)33/h9-14,22,27-28H,15-18H2,1-8H3/q+1/b19-9-/t22-,27+,28-,32?,33+,34+,36?/m1/s1. The summed E-state index contributed by atoms with van der Waals surface area (Å²) in [6, 6.07) is 9.19. The molecule has 240 valence electrons. The molecule has 7 atom stereocenters. The molecule has 11 heteroatoms. The highest BCUT2D eigenvalue weighted by Gasteiger charge is 2.93. The van der Waals surface area contributed by atoms with Gasteiger partial charge in [0, 0.05) is 31.5 Å². The third kappa shape index (κ3) is 3.22. The van der Waals surface area contributed by atoms with Crippen LogP contribution >= 0.6 is 0 Å². The molecule has 3 saturated heterocycles. The molecule has 11 nitrogen and oxygen atoms in total. The Morgan fingerprint density at radius 1 is 1.04 bits per heavy atom. The fourth-order valence-electron chi connectivity index (χ4n) is 9.98. The summed E-state index contributed by atoms with van der Waals surface area (Å²) in [7, 11) is 11.9. The van der Waals surface area contributed by atoms with Crippen molar-refractivity contribution >= 4 is 17.6 Å². The second kappa shape index (κ2) is 9.77. The summed E-state index contributed by atoms with van der Waals surface area (Å²) in [5.74, 6) is 0.407. The van der Waals surface area contributed by atoms with Crippen molar-refractivity contribution in [3.63, 3.8) is 0 Å². The van der Waals surface area contributed by atoms with Crippen molar-refractivity contribution in [3.8, 4) is 23.0 Å². The first-order chi connectivity index (χ1) is 21.6. The van der Waals surface area contributed by atoms with E-state index in [4.69, 9.17) is 33.2 Å². The van der Waals surface area contributed by atoms with Crippen molar-refractivity contribution in [1.82, 2.24) is 0 Å². The van der Waals surface area contributed by atoms with Crippen LogP contribution in [0.25, 0.3) is 0 Å². The van der Waals surface area contributed by atoms with E-state index in [1.807, 2.05) is 25.1 Å². The van der Waals surface area contributed by atoms with E-state index in [0.717, 1.165) is 27.9 Å². The molecule has 45 heavy (non-hydrogen) atoms. The zero-order chi connectivity index (χ0) is 32.1. The zero-order valence-corrected chi connectivity index (χ0v) is 27.1. The number of nitrogens with zero attached hydrogens (tertiary/aromatic N) is 2. The highest BCUT2D eigenvalue weighted by molar-refractivity contribution is 5.92. The molecule has 4 fully saturated rings. The number of quaternary nitrogens is 1. The molecular weight excluding hydrogens is 580 g/mol. The van der Waals surface area contributed by atoms with E-state index in [-0.39, 0.29) is 30.4 Å². The predicted octanol–water partition coefficient (Wildman–Crippen LogP) is 3.68. The Labute approximate surface area is 263 Å². The average molecular weight is 622 g/mol. The molecule has 2 aromatic rings. The number of carbonyl (C=O) groups is 2. The number of ether oxygens (including phenoxy) is 7. The molecule has 0 N–H and O–H groups in total. The molecule has 2 aromatic carbocycles. The third-order valence-corrected chi connectivity index (χ3v) is 11.8. The quantitative estimate of drug-likeness (QED) is 0.247. The molecule has 4 heterocycles. The number of allylic oxidation sites excluding steroid dienone is 1. The number of carbonyl (C=O) groups excluding carboxylic acids is 2. The van der Waals surface area contributed by atoms with Crippen LogP contribution in [-0.4, -0.2) is 97.2 Å². The highest BCUT2D eigenvalue weighted by Crippen LogP contribution is 2.79. The molecular formula is C34H41N2O9+.